The molecule has 3 heteroatoms. The average Bonchev–Trinajstić information content (AvgIpc) is 1.80. The van der Waals surface area contributed by atoms with Crippen LogP contribution in [0.15, 0.2) is 0 Å². The van der Waals surface area contributed by atoms with Crippen LogP contribution in [-0.4, -0.2) is 17.0 Å². The molecule has 0 amide bonds. The Hall–Kier alpha value is -0.100. The Labute approximate surface area is 57.4 Å². The van der Waals surface area contributed by atoms with Crippen molar-refractivity contribution in [1.82, 2.24) is 0 Å². The van der Waals surface area contributed by atoms with Crippen molar-refractivity contribution < 1.29 is 9.90 Å². The van der Waals surface area contributed by atoms with E-state index in [4.69, 9.17) is 5.11 Å². The molecular formula is C6H13O2P. The van der Waals surface area contributed by atoms with Crippen molar-refractivity contribution in [1.29, 1.82) is 0 Å². The standard InChI is InChI=1S/C6H13O2P/c1-2-3-4-5-9-6(7)8/h9H,2-5H2,1H3,(H,7,8). The fourth-order valence-corrected chi connectivity index (χ4v) is 1.21. The third kappa shape index (κ3) is 7.90. The zero-order valence-electron chi connectivity index (χ0n) is 5.68. The highest BCUT2D eigenvalue weighted by molar-refractivity contribution is 7.57. The van der Waals surface area contributed by atoms with E-state index in [2.05, 4.69) is 6.92 Å². The van der Waals surface area contributed by atoms with Gasteiger partial charge in [-0.3, -0.25) is 0 Å². The molecule has 2 nitrogen and oxygen atoms in total. The summed E-state index contributed by atoms with van der Waals surface area (Å²) in [6.45, 7) is 2.11. The van der Waals surface area contributed by atoms with Crippen LogP contribution in [0.25, 0.3) is 0 Å². The molecule has 0 aromatic rings. The number of hydrogen-bond acceptors (Lipinski definition) is 1. The Morgan fingerprint density at radius 1 is 1.56 bits per heavy atom. The van der Waals surface area contributed by atoms with E-state index in [9.17, 15) is 4.79 Å². The first-order chi connectivity index (χ1) is 4.27. The second kappa shape index (κ2) is 6.03. The van der Waals surface area contributed by atoms with Crippen molar-refractivity contribution in [2.75, 3.05) is 6.16 Å². The van der Waals surface area contributed by atoms with Gasteiger partial charge in [-0.2, -0.15) is 0 Å². The first-order valence-electron chi connectivity index (χ1n) is 3.24. The zero-order chi connectivity index (χ0) is 7.11. The van der Waals surface area contributed by atoms with Crippen LogP contribution in [0.5, 0.6) is 0 Å². The van der Waals surface area contributed by atoms with Gasteiger partial charge < -0.3 is 5.11 Å². The maximum absolute atomic E-state index is 9.97. The second-order valence-corrected chi connectivity index (χ2v) is 3.22. The van der Waals surface area contributed by atoms with Gasteiger partial charge in [0.15, 0.2) is 0 Å². The number of carbonyl (C=O) groups is 1. The molecule has 0 fully saturated rings. The van der Waals surface area contributed by atoms with Gasteiger partial charge in [0.2, 0.25) is 0 Å². The predicted octanol–water partition coefficient (Wildman–Crippen LogP) is 2.53. The molecule has 0 spiro atoms. The first kappa shape index (κ1) is 8.90. The maximum Gasteiger partial charge on any atom is 0.320 e. The van der Waals surface area contributed by atoms with E-state index in [1.165, 1.54) is 12.8 Å². The van der Waals surface area contributed by atoms with E-state index >= 15 is 0 Å². The van der Waals surface area contributed by atoms with Crippen LogP contribution in [0, 0.1) is 0 Å². The Bertz CT molecular complexity index is 83.1. The van der Waals surface area contributed by atoms with E-state index in [0.29, 0.717) is 0 Å². The van der Waals surface area contributed by atoms with Crippen LogP contribution >= 0.6 is 8.58 Å². The lowest BCUT2D eigenvalue weighted by Crippen LogP contribution is -1.83. The van der Waals surface area contributed by atoms with Crippen molar-refractivity contribution in [3.8, 4) is 0 Å². The molecule has 0 aromatic carbocycles. The van der Waals surface area contributed by atoms with E-state index in [-0.39, 0.29) is 8.58 Å². The summed E-state index contributed by atoms with van der Waals surface area (Å²) in [6, 6.07) is 0. The van der Waals surface area contributed by atoms with E-state index < -0.39 is 5.71 Å². The van der Waals surface area contributed by atoms with E-state index in [1.807, 2.05) is 0 Å². The highest BCUT2D eigenvalue weighted by Crippen LogP contribution is 2.13. The molecule has 0 aliphatic carbocycles. The average molecular weight is 148 g/mol. The highest BCUT2D eigenvalue weighted by Gasteiger charge is 1.93. The molecule has 1 unspecified atom stereocenters. The monoisotopic (exact) mass is 148 g/mol. The molecule has 0 radical (unpaired) electrons. The fourth-order valence-electron chi connectivity index (χ4n) is 0.570. The lowest BCUT2D eigenvalue weighted by Gasteiger charge is -1.93. The Morgan fingerprint density at radius 2 is 2.22 bits per heavy atom. The molecule has 1 N–H and O–H groups in total. The number of hydrogen-bond donors (Lipinski definition) is 1. The molecule has 0 aliphatic rings. The lowest BCUT2D eigenvalue weighted by molar-refractivity contribution is 0.221. The van der Waals surface area contributed by atoms with E-state index in [0.717, 1.165) is 12.6 Å². The minimum absolute atomic E-state index is 0.115. The molecule has 0 heterocycles. The summed E-state index contributed by atoms with van der Waals surface area (Å²) in [6.07, 6.45) is 4.27. The first-order valence-corrected chi connectivity index (χ1v) is 4.45. The van der Waals surface area contributed by atoms with Gasteiger partial charge in [-0.1, -0.05) is 19.8 Å². The zero-order valence-corrected chi connectivity index (χ0v) is 6.68. The minimum Gasteiger partial charge on any atom is -0.478 e. The summed E-state index contributed by atoms with van der Waals surface area (Å²) in [5, 5.41) is 8.23. The van der Waals surface area contributed by atoms with Crippen LogP contribution in [0.1, 0.15) is 26.2 Å². The van der Waals surface area contributed by atoms with Crippen LogP contribution in [0.2, 0.25) is 0 Å². The van der Waals surface area contributed by atoms with Crippen LogP contribution in [-0.2, 0) is 0 Å². The highest BCUT2D eigenvalue weighted by atomic mass is 31.1. The van der Waals surface area contributed by atoms with Gasteiger partial charge >= 0.3 is 5.71 Å². The quantitative estimate of drug-likeness (QED) is 0.480. The van der Waals surface area contributed by atoms with Gasteiger partial charge in [-0.05, 0) is 21.2 Å². The molecular weight excluding hydrogens is 135 g/mol. The van der Waals surface area contributed by atoms with Gasteiger partial charge in [0.1, 0.15) is 0 Å². The topological polar surface area (TPSA) is 37.3 Å². The molecule has 1 atom stereocenters. The minimum atomic E-state index is -0.647. The third-order valence-electron chi connectivity index (χ3n) is 1.06. The molecule has 9 heavy (non-hydrogen) atoms. The third-order valence-corrected chi connectivity index (χ3v) is 1.96. The van der Waals surface area contributed by atoms with Crippen molar-refractivity contribution in [3.63, 3.8) is 0 Å². The van der Waals surface area contributed by atoms with Crippen LogP contribution < -0.4 is 0 Å². The number of rotatable bonds is 5. The molecule has 0 saturated heterocycles. The van der Waals surface area contributed by atoms with Gasteiger partial charge in [-0.15, -0.1) is 0 Å². The number of carboxylic acid groups (broad SMARTS) is 1. The van der Waals surface area contributed by atoms with Gasteiger partial charge in [0.05, 0.1) is 0 Å². The van der Waals surface area contributed by atoms with E-state index in [1.54, 1.807) is 0 Å². The smallest absolute Gasteiger partial charge is 0.320 e. The normalized spacial score (nSPS) is 10.8. The summed E-state index contributed by atoms with van der Waals surface area (Å²) in [5.41, 5.74) is -0.647. The summed E-state index contributed by atoms with van der Waals surface area (Å²) >= 11 is 0. The predicted molar refractivity (Wildman–Crippen MR) is 40.7 cm³/mol. The maximum atomic E-state index is 9.97. The van der Waals surface area contributed by atoms with Crippen LogP contribution in [0.4, 0.5) is 4.79 Å². The van der Waals surface area contributed by atoms with Crippen molar-refractivity contribution in [3.05, 3.63) is 0 Å². The van der Waals surface area contributed by atoms with Crippen molar-refractivity contribution >= 4 is 14.3 Å². The molecule has 0 bridgehead atoms. The number of unbranched alkanes of at least 4 members (excludes halogenated alkanes) is 2. The Morgan fingerprint density at radius 3 is 2.67 bits per heavy atom. The molecule has 0 rings (SSSR count). The van der Waals surface area contributed by atoms with Gasteiger partial charge in [0.25, 0.3) is 0 Å². The lowest BCUT2D eigenvalue weighted by atomic mass is 10.3. The van der Waals surface area contributed by atoms with Crippen molar-refractivity contribution in [2.24, 2.45) is 0 Å². The summed E-state index contributed by atoms with van der Waals surface area (Å²) in [7, 11) is 0.115. The Kier molecular flexibility index (Phi) is 5.96. The fraction of sp³-hybridized carbons (Fsp3) is 0.833. The molecule has 0 aromatic heterocycles. The van der Waals surface area contributed by atoms with Crippen LogP contribution in [0.3, 0.4) is 0 Å². The van der Waals surface area contributed by atoms with Gasteiger partial charge in [-0.25, -0.2) is 4.79 Å². The SMILES string of the molecule is CCCCCPC(=O)O. The second-order valence-electron chi connectivity index (χ2n) is 1.94. The van der Waals surface area contributed by atoms with Crippen molar-refractivity contribution in [2.45, 2.75) is 26.2 Å². The summed E-state index contributed by atoms with van der Waals surface area (Å²) in [4.78, 5) is 9.97. The summed E-state index contributed by atoms with van der Waals surface area (Å²) < 4.78 is 0. The molecule has 54 valence electrons. The Balaban J connectivity index is 2.83. The largest absolute Gasteiger partial charge is 0.478 e. The molecule has 0 saturated carbocycles. The molecule has 0 aliphatic heterocycles. The van der Waals surface area contributed by atoms with Gasteiger partial charge in [0, 0.05) is 0 Å². The summed E-state index contributed by atoms with van der Waals surface area (Å²) in [5.74, 6) is 0.